The van der Waals surface area contributed by atoms with E-state index in [9.17, 15) is 4.21 Å². The van der Waals surface area contributed by atoms with Crippen LogP contribution >= 0.6 is 11.3 Å². The fourth-order valence-corrected chi connectivity index (χ4v) is 8.30. The van der Waals surface area contributed by atoms with Gasteiger partial charge in [-0.2, -0.15) is 4.99 Å². The molecule has 2 unspecified atom stereocenters. The first kappa shape index (κ1) is 36.6. The summed E-state index contributed by atoms with van der Waals surface area (Å²) in [6, 6.07) is 22.5. The van der Waals surface area contributed by atoms with Crippen LogP contribution < -0.4 is 19.8 Å². The number of ether oxygens (including phenoxy) is 1. The molecular weight excluding hydrogens is 677 g/mol. The van der Waals surface area contributed by atoms with Gasteiger partial charge < -0.3 is 14.5 Å². The normalized spacial score (nSPS) is 17.3. The smallest absolute Gasteiger partial charge is 0.240 e. The number of aliphatic imine (C=N–C) groups is 1. The molecule has 2 atom stereocenters. The predicted octanol–water partition coefficient (Wildman–Crippen LogP) is 9.57. The van der Waals surface area contributed by atoms with Gasteiger partial charge in [0.2, 0.25) is 5.88 Å². The highest BCUT2D eigenvalue weighted by molar-refractivity contribution is 7.86. The third-order valence-electron chi connectivity index (χ3n) is 9.13. The fourth-order valence-electron chi connectivity index (χ4n) is 6.39. The number of hydrogen-bond acceptors (Lipinski definition) is 9. The molecule has 4 heterocycles. The number of benzene rings is 2. The molecule has 0 saturated carbocycles. The Morgan fingerprint density at radius 3 is 2.67 bits per heavy atom. The largest absolute Gasteiger partial charge is 0.494 e. The molecule has 2 aromatic carbocycles. The molecule has 51 heavy (non-hydrogen) atoms. The number of thiazole rings is 1. The maximum atomic E-state index is 14.0. The Hall–Kier alpha value is -4.22. The number of rotatable bonds is 9. The molecule has 2 aliphatic rings. The van der Waals surface area contributed by atoms with E-state index in [2.05, 4.69) is 90.8 Å². The van der Waals surface area contributed by atoms with Gasteiger partial charge in [-0.3, -0.25) is 4.72 Å². The van der Waals surface area contributed by atoms with E-state index in [1.807, 2.05) is 30.3 Å². The highest BCUT2D eigenvalue weighted by Gasteiger charge is 2.25. The molecule has 2 aromatic heterocycles. The molecule has 4 aromatic rings. The van der Waals surface area contributed by atoms with Crippen LogP contribution in [0.3, 0.4) is 0 Å². The van der Waals surface area contributed by atoms with E-state index < -0.39 is 11.0 Å². The molecule has 2 aliphatic heterocycles. The Morgan fingerprint density at radius 1 is 1.04 bits per heavy atom. The number of nitrogens with one attached hydrogen (secondary N) is 2. The second-order valence-electron chi connectivity index (χ2n) is 14.4. The van der Waals surface area contributed by atoms with Crippen LogP contribution in [0.5, 0.6) is 5.75 Å². The Morgan fingerprint density at radius 2 is 1.86 bits per heavy atom. The maximum Gasteiger partial charge on any atom is 0.240 e. The molecule has 6 rings (SSSR count). The molecule has 0 spiro atoms. The number of fused-ring (bicyclic) bond motifs is 6. The van der Waals surface area contributed by atoms with Crippen molar-refractivity contribution >= 4 is 39.1 Å². The van der Waals surface area contributed by atoms with E-state index in [-0.39, 0.29) is 11.3 Å². The Labute approximate surface area is 309 Å². The van der Waals surface area contributed by atoms with Gasteiger partial charge in [-0.1, -0.05) is 101 Å². The standard InChI is InChI=1S/C40H50N6O3S2/c1-6-15-31(38-41-28(2)49-44-38)27-46-24-12-8-7-9-16-29-17-10-11-20-33(29)36-37(30-18-13-19-32(26-30)48-25-23-40(3,4)5)50-39(43-36)45-51(47)35-22-14-21-34(46)42-35/h10-11,13-14,17-22,26,31H,2,6-9,12,15-16,23-25,27H2,1,3-5H3,(H,41,44)(H,43,45). The zero-order valence-electron chi connectivity index (χ0n) is 30.2. The highest BCUT2D eigenvalue weighted by atomic mass is 32.2. The Kier molecular flexibility index (Phi) is 12.1. The van der Waals surface area contributed by atoms with Gasteiger partial charge in [0.25, 0.3) is 0 Å². The fraction of sp³-hybridized carbons (Fsp3) is 0.425. The van der Waals surface area contributed by atoms with Crippen molar-refractivity contribution in [3.05, 3.63) is 84.8 Å². The van der Waals surface area contributed by atoms with Gasteiger partial charge in [-0.15, -0.1) is 0 Å². The van der Waals surface area contributed by atoms with Gasteiger partial charge in [0, 0.05) is 24.6 Å². The summed E-state index contributed by atoms with van der Waals surface area (Å²) >= 11 is 1.51. The monoisotopic (exact) mass is 726 g/mol. The van der Waals surface area contributed by atoms with Gasteiger partial charge in [-0.05, 0) is 79.5 Å². The molecule has 2 N–H and O–H groups in total. The topological polar surface area (TPSA) is 101 Å². The van der Waals surface area contributed by atoms with Crippen LogP contribution in [0, 0.1) is 11.3 Å². The minimum Gasteiger partial charge on any atom is -0.494 e. The molecule has 9 nitrogen and oxygen atoms in total. The van der Waals surface area contributed by atoms with E-state index in [0.29, 0.717) is 29.2 Å². The van der Waals surface area contributed by atoms with E-state index in [4.69, 9.17) is 19.5 Å². The van der Waals surface area contributed by atoms with Gasteiger partial charge in [0.05, 0.1) is 17.2 Å². The minimum absolute atomic E-state index is 0.114. The lowest BCUT2D eigenvalue weighted by Gasteiger charge is -2.28. The van der Waals surface area contributed by atoms with E-state index in [1.165, 1.54) is 16.9 Å². The highest BCUT2D eigenvalue weighted by Crippen LogP contribution is 2.42. The second-order valence-corrected chi connectivity index (χ2v) is 16.6. The van der Waals surface area contributed by atoms with Crippen molar-refractivity contribution < 1.29 is 13.8 Å². The second kappa shape index (κ2) is 16.9. The molecule has 0 aliphatic carbocycles. The van der Waals surface area contributed by atoms with Crippen LogP contribution in [0.4, 0.5) is 10.9 Å². The number of hydrogen-bond donors (Lipinski definition) is 2. The van der Waals surface area contributed by atoms with Crippen LogP contribution in [0.15, 0.2) is 89.2 Å². The van der Waals surface area contributed by atoms with Crippen LogP contribution in [-0.2, 0) is 22.2 Å². The average molecular weight is 727 g/mol. The summed E-state index contributed by atoms with van der Waals surface area (Å²) < 4.78 is 23.4. The van der Waals surface area contributed by atoms with Crippen molar-refractivity contribution in [3.8, 4) is 27.4 Å². The zero-order chi connectivity index (χ0) is 35.8. The SMILES string of the molecule is C=C1N=C(C(CCC)CN2CCCCCCc3ccccc3-c3nc(sc3-c3cccc(OCCC(C)(C)C)c3)NS(=O)c3cccc2n3)NO1. The van der Waals surface area contributed by atoms with Crippen molar-refractivity contribution in [3.63, 3.8) is 0 Å². The predicted molar refractivity (Wildman–Crippen MR) is 210 cm³/mol. The number of amidine groups is 1. The van der Waals surface area contributed by atoms with Gasteiger partial charge >= 0.3 is 0 Å². The number of anilines is 2. The number of hydroxylamine groups is 1. The molecule has 11 heteroatoms. The average Bonchev–Trinajstić information content (AvgIpc) is 3.74. The minimum atomic E-state index is -1.64. The van der Waals surface area contributed by atoms with Gasteiger partial charge in [0.15, 0.2) is 21.1 Å². The summed E-state index contributed by atoms with van der Waals surface area (Å²) in [5.41, 5.74) is 7.44. The van der Waals surface area contributed by atoms with Crippen LogP contribution in [0.2, 0.25) is 0 Å². The molecule has 270 valence electrons. The van der Waals surface area contributed by atoms with E-state index in [1.54, 1.807) is 0 Å². The molecule has 4 bridgehead atoms. The number of aryl methyl sites for hydroxylation is 1. The number of pyridine rings is 1. The Balaban J connectivity index is 1.33. The van der Waals surface area contributed by atoms with Crippen molar-refractivity contribution in [2.75, 3.05) is 29.3 Å². The summed E-state index contributed by atoms with van der Waals surface area (Å²) in [7, 11) is -1.64. The third-order valence-corrected chi connectivity index (χ3v) is 11.3. The van der Waals surface area contributed by atoms with Crippen LogP contribution in [0.25, 0.3) is 21.7 Å². The number of aromatic nitrogens is 2. The lowest BCUT2D eigenvalue weighted by atomic mass is 9.93. The zero-order valence-corrected chi connectivity index (χ0v) is 31.9. The van der Waals surface area contributed by atoms with Gasteiger partial charge in [0.1, 0.15) is 17.4 Å². The van der Waals surface area contributed by atoms with Crippen molar-refractivity contribution in [2.45, 2.75) is 84.1 Å². The first-order chi connectivity index (χ1) is 24.7. The van der Waals surface area contributed by atoms with Crippen molar-refractivity contribution in [1.82, 2.24) is 15.4 Å². The van der Waals surface area contributed by atoms with Crippen molar-refractivity contribution in [2.24, 2.45) is 16.3 Å². The summed E-state index contributed by atoms with van der Waals surface area (Å²) in [5.74, 6) is 2.91. The lowest BCUT2D eigenvalue weighted by Crippen LogP contribution is -2.38. The van der Waals surface area contributed by atoms with E-state index >= 15 is 0 Å². The summed E-state index contributed by atoms with van der Waals surface area (Å²) in [6.45, 7) is 14.9. The summed E-state index contributed by atoms with van der Waals surface area (Å²) in [4.78, 5) is 23.3. The summed E-state index contributed by atoms with van der Waals surface area (Å²) in [5, 5.41) is 1.03. The molecule has 0 radical (unpaired) electrons. The van der Waals surface area contributed by atoms with Gasteiger partial charge in [-0.25, -0.2) is 19.7 Å². The van der Waals surface area contributed by atoms with E-state index in [0.717, 1.165) is 97.0 Å². The molecule has 0 fully saturated rings. The quantitative estimate of drug-likeness (QED) is 0.177. The van der Waals surface area contributed by atoms with Crippen LogP contribution in [0.1, 0.15) is 78.2 Å². The van der Waals surface area contributed by atoms with Crippen LogP contribution in [-0.4, -0.2) is 39.7 Å². The maximum absolute atomic E-state index is 14.0. The first-order valence-electron chi connectivity index (χ1n) is 18.1. The molecule has 0 saturated heterocycles. The molecular formula is C40H50N6O3S2. The Bertz CT molecular complexity index is 1870. The molecule has 0 amide bonds. The third kappa shape index (κ3) is 9.77. The summed E-state index contributed by atoms with van der Waals surface area (Å²) in [6.07, 6.45) is 8.16. The van der Waals surface area contributed by atoms with Crippen molar-refractivity contribution in [1.29, 1.82) is 0 Å². The first-order valence-corrected chi connectivity index (χ1v) is 20.1. The number of nitrogens with zero attached hydrogens (tertiary/aromatic N) is 4. The lowest BCUT2D eigenvalue weighted by molar-refractivity contribution is 0.175.